The van der Waals surface area contributed by atoms with Crippen molar-refractivity contribution in [3.8, 4) is 11.5 Å². The van der Waals surface area contributed by atoms with E-state index >= 15 is 0 Å². The summed E-state index contributed by atoms with van der Waals surface area (Å²) in [5, 5.41) is 0.398. The molecule has 0 aliphatic heterocycles. The third-order valence-corrected chi connectivity index (χ3v) is 3.16. The van der Waals surface area contributed by atoms with Gasteiger partial charge in [0.1, 0.15) is 11.5 Å². The van der Waals surface area contributed by atoms with Crippen molar-refractivity contribution in [1.29, 1.82) is 0 Å². The fourth-order valence-electron chi connectivity index (χ4n) is 1.51. The molecule has 0 spiro atoms. The first kappa shape index (κ1) is 13.1. The average Bonchev–Trinajstić information content (AvgIpc) is 2.28. The summed E-state index contributed by atoms with van der Waals surface area (Å²) in [6.45, 7) is 1.48. The largest absolute Gasteiger partial charge is 0.457 e. The smallest absolute Gasteiger partial charge is 0.161 e. The van der Waals surface area contributed by atoms with E-state index in [4.69, 9.17) is 16.3 Å². The van der Waals surface area contributed by atoms with Crippen LogP contribution in [0, 0.1) is 0 Å². The predicted molar refractivity (Wildman–Crippen MR) is 75.7 cm³/mol. The fourth-order valence-corrected chi connectivity index (χ4v) is 2.19. The molecule has 2 rings (SSSR count). The van der Waals surface area contributed by atoms with Gasteiger partial charge in [0, 0.05) is 16.1 Å². The highest BCUT2D eigenvalue weighted by atomic mass is 79.9. The molecule has 2 aromatic rings. The number of ketones is 1. The summed E-state index contributed by atoms with van der Waals surface area (Å²) < 4.78 is 6.59. The van der Waals surface area contributed by atoms with Gasteiger partial charge in [-0.05, 0) is 37.3 Å². The van der Waals surface area contributed by atoms with Crippen molar-refractivity contribution in [3.05, 3.63) is 57.5 Å². The zero-order chi connectivity index (χ0) is 13.1. The molecule has 0 saturated carbocycles. The Morgan fingerprint density at radius 2 is 1.89 bits per heavy atom. The van der Waals surface area contributed by atoms with Crippen LogP contribution in [0.25, 0.3) is 0 Å². The van der Waals surface area contributed by atoms with Crippen LogP contribution < -0.4 is 4.74 Å². The molecule has 2 nitrogen and oxygen atoms in total. The van der Waals surface area contributed by atoms with Crippen LogP contribution in [0.4, 0.5) is 0 Å². The highest BCUT2D eigenvalue weighted by Crippen LogP contribution is 2.28. The Hall–Kier alpha value is -1.32. The Kier molecular flexibility index (Phi) is 4.04. The maximum atomic E-state index is 11.2. The second kappa shape index (κ2) is 5.55. The standard InChI is InChI=1S/C14H10BrClO2/c1-9(17)13-6-5-12(8-14(13)16)18-11-4-2-3-10(15)7-11/h2-8H,1H3. The molecule has 0 atom stereocenters. The highest BCUT2D eigenvalue weighted by Gasteiger charge is 2.07. The van der Waals surface area contributed by atoms with Gasteiger partial charge in [-0.2, -0.15) is 0 Å². The van der Waals surface area contributed by atoms with E-state index in [0.717, 1.165) is 4.47 Å². The topological polar surface area (TPSA) is 26.3 Å². The molecule has 0 aromatic heterocycles. The molecule has 92 valence electrons. The molecule has 0 aliphatic carbocycles. The van der Waals surface area contributed by atoms with Gasteiger partial charge in [0.25, 0.3) is 0 Å². The van der Waals surface area contributed by atoms with Gasteiger partial charge in [-0.15, -0.1) is 0 Å². The molecule has 0 N–H and O–H groups in total. The fraction of sp³-hybridized carbons (Fsp3) is 0.0714. The van der Waals surface area contributed by atoms with Crippen molar-refractivity contribution in [2.75, 3.05) is 0 Å². The molecule has 0 bridgehead atoms. The summed E-state index contributed by atoms with van der Waals surface area (Å²) in [7, 11) is 0. The van der Waals surface area contributed by atoms with Gasteiger partial charge < -0.3 is 4.74 Å². The molecular formula is C14H10BrClO2. The summed E-state index contributed by atoms with van der Waals surface area (Å²) in [5.41, 5.74) is 0.498. The first-order valence-electron chi connectivity index (χ1n) is 5.30. The minimum Gasteiger partial charge on any atom is -0.457 e. The van der Waals surface area contributed by atoms with Crippen molar-refractivity contribution in [1.82, 2.24) is 0 Å². The first-order chi connectivity index (χ1) is 8.56. The monoisotopic (exact) mass is 324 g/mol. The molecule has 0 saturated heterocycles. The van der Waals surface area contributed by atoms with Gasteiger partial charge >= 0.3 is 0 Å². The molecule has 0 aliphatic rings. The van der Waals surface area contributed by atoms with Crippen LogP contribution in [0.5, 0.6) is 11.5 Å². The van der Waals surface area contributed by atoms with Crippen LogP contribution in [-0.2, 0) is 0 Å². The second-order valence-electron chi connectivity index (χ2n) is 3.76. The Morgan fingerprint density at radius 1 is 1.17 bits per heavy atom. The number of halogens is 2. The van der Waals surface area contributed by atoms with E-state index in [1.54, 1.807) is 18.2 Å². The van der Waals surface area contributed by atoms with E-state index < -0.39 is 0 Å². The predicted octanol–water partition coefficient (Wildman–Crippen LogP) is 5.10. The number of benzene rings is 2. The normalized spacial score (nSPS) is 10.2. The summed E-state index contributed by atoms with van der Waals surface area (Å²) >= 11 is 9.38. The van der Waals surface area contributed by atoms with Crippen LogP contribution in [-0.4, -0.2) is 5.78 Å². The quantitative estimate of drug-likeness (QED) is 0.734. The Labute approximate surface area is 119 Å². The van der Waals surface area contributed by atoms with Gasteiger partial charge in [-0.3, -0.25) is 4.79 Å². The van der Waals surface area contributed by atoms with E-state index in [9.17, 15) is 4.79 Å². The Morgan fingerprint density at radius 3 is 2.50 bits per heavy atom. The molecule has 0 heterocycles. The summed E-state index contributed by atoms with van der Waals surface area (Å²) in [4.78, 5) is 11.2. The summed E-state index contributed by atoms with van der Waals surface area (Å²) in [6.07, 6.45) is 0. The van der Waals surface area contributed by atoms with Crippen LogP contribution >= 0.6 is 27.5 Å². The number of carbonyl (C=O) groups is 1. The van der Waals surface area contributed by atoms with E-state index in [2.05, 4.69) is 15.9 Å². The van der Waals surface area contributed by atoms with Crippen molar-refractivity contribution in [2.45, 2.75) is 6.92 Å². The van der Waals surface area contributed by atoms with E-state index in [-0.39, 0.29) is 5.78 Å². The molecule has 0 fully saturated rings. The van der Waals surface area contributed by atoms with Gasteiger partial charge in [0.15, 0.2) is 5.78 Å². The lowest BCUT2D eigenvalue weighted by Crippen LogP contribution is -1.93. The number of carbonyl (C=O) groups excluding carboxylic acids is 1. The minimum absolute atomic E-state index is 0.0611. The van der Waals surface area contributed by atoms with Crippen LogP contribution in [0.3, 0.4) is 0 Å². The molecule has 0 amide bonds. The van der Waals surface area contributed by atoms with Crippen molar-refractivity contribution in [3.63, 3.8) is 0 Å². The first-order valence-corrected chi connectivity index (χ1v) is 6.47. The molecule has 2 aromatic carbocycles. The number of hydrogen-bond acceptors (Lipinski definition) is 2. The minimum atomic E-state index is -0.0611. The molecular weight excluding hydrogens is 316 g/mol. The zero-order valence-corrected chi connectivity index (χ0v) is 12.0. The van der Waals surface area contributed by atoms with E-state index in [1.807, 2.05) is 24.3 Å². The van der Waals surface area contributed by atoms with Gasteiger partial charge in [0.05, 0.1) is 5.02 Å². The average molecular weight is 326 g/mol. The third-order valence-electron chi connectivity index (χ3n) is 2.35. The second-order valence-corrected chi connectivity index (χ2v) is 5.08. The lowest BCUT2D eigenvalue weighted by atomic mass is 10.1. The van der Waals surface area contributed by atoms with E-state index in [0.29, 0.717) is 22.1 Å². The Balaban J connectivity index is 2.25. The van der Waals surface area contributed by atoms with E-state index in [1.165, 1.54) is 6.92 Å². The lowest BCUT2D eigenvalue weighted by Gasteiger charge is -2.07. The SMILES string of the molecule is CC(=O)c1ccc(Oc2cccc(Br)c2)cc1Cl. The maximum absolute atomic E-state index is 11.2. The zero-order valence-electron chi connectivity index (χ0n) is 9.61. The van der Waals surface area contributed by atoms with Crippen LogP contribution in [0.15, 0.2) is 46.9 Å². The van der Waals surface area contributed by atoms with Gasteiger partial charge in [-0.25, -0.2) is 0 Å². The summed E-state index contributed by atoms with van der Waals surface area (Å²) in [5.74, 6) is 1.24. The van der Waals surface area contributed by atoms with Gasteiger partial charge in [0.2, 0.25) is 0 Å². The number of rotatable bonds is 3. The molecule has 0 radical (unpaired) electrons. The number of Topliss-reactive ketones (excluding diaryl/α,β-unsaturated/α-hetero) is 1. The Bertz CT molecular complexity index is 596. The van der Waals surface area contributed by atoms with Crippen LogP contribution in [0.1, 0.15) is 17.3 Å². The van der Waals surface area contributed by atoms with Crippen LogP contribution in [0.2, 0.25) is 5.02 Å². The molecule has 18 heavy (non-hydrogen) atoms. The van der Waals surface area contributed by atoms with Crippen molar-refractivity contribution in [2.24, 2.45) is 0 Å². The molecule has 4 heteroatoms. The lowest BCUT2D eigenvalue weighted by molar-refractivity contribution is 0.101. The molecule has 0 unspecified atom stereocenters. The third kappa shape index (κ3) is 3.12. The van der Waals surface area contributed by atoms with Gasteiger partial charge in [-0.1, -0.05) is 33.6 Å². The van der Waals surface area contributed by atoms with Crippen molar-refractivity contribution >= 4 is 33.3 Å². The van der Waals surface area contributed by atoms with Crippen molar-refractivity contribution < 1.29 is 9.53 Å². The maximum Gasteiger partial charge on any atom is 0.161 e. The number of ether oxygens (including phenoxy) is 1. The highest BCUT2D eigenvalue weighted by molar-refractivity contribution is 9.10. The summed E-state index contributed by atoms with van der Waals surface area (Å²) in [6, 6.07) is 12.5. The number of hydrogen-bond donors (Lipinski definition) is 0.